The number of nitro groups is 1. The number of nitro benzene ring substituents is 1. The molecule has 2 aromatic rings. The number of hydrogen-bond acceptors (Lipinski definition) is 9. The van der Waals surface area contributed by atoms with Crippen LogP contribution in [0.1, 0.15) is 35.0 Å². The lowest BCUT2D eigenvalue weighted by molar-refractivity contribution is -0.385. The Bertz CT molecular complexity index is 978. The molecule has 0 bridgehead atoms. The van der Waals surface area contributed by atoms with Crippen molar-refractivity contribution >= 4 is 27.1 Å². The Morgan fingerprint density at radius 3 is 2.36 bits per heavy atom. The first kappa shape index (κ1) is 18.4. The fourth-order valence-electron chi connectivity index (χ4n) is 2.16. The van der Waals surface area contributed by atoms with Gasteiger partial charge in [-0.3, -0.25) is 19.7 Å². The summed E-state index contributed by atoms with van der Waals surface area (Å²) >= 11 is 0. The van der Waals surface area contributed by atoms with Crippen molar-refractivity contribution in [3.8, 4) is 0 Å². The molecule has 0 aliphatic rings. The fraction of sp³-hybridized carbons (Fsp3) is 0.286. The maximum absolute atomic E-state index is 12.7. The van der Waals surface area contributed by atoms with Crippen molar-refractivity contribution in [2.75, 3.05) is 6.26 Å². The normalized spacial score (nSPS) is 12.6. The highest BCUT2D eigenvalue weighted by Crippen LogP contribution is 2.29. The van der Waals surface area contributed by atoms with Gasteiger partial charge >= 0.3 is 0 Å². The van der Waals surface area contributed by atoms with Gasteiger partial charge in [0.2, 0.25) is 11.8 Å². The quantitative estimate of drug-likeness (QED) is 0.318. The van der Waals surface area contributed by atoms with Gasteiger partial charge in [0.1, 0.15) is 5.78 Å². The molecule has 1 aromatic heterocycles. The van der Waals surface area contributed by atoms with E-state index in [-0.39, 0.29) is 16.7 Å². The highest BCUT2D eigenvalue weighted by atomic mass is 32.2. The van der Waals surface area contributed by atoms with E-state index < -0.39 is 43.5 Å². The number of hydrogen-bond donors (Lipinski definition) is 0. The van der Waals surface area contributed by atoms with Crippen molar-refractivity contribution in [1.29, 1.82) is 0 Å². The lowest BCUT2D eigenvalue weighted by Gasteiger charge is -2.09. The average molecular weight is 367 g/mol. The van der Waals surface area contributed by atoms with E-state index in [2.05, 4.69) is 10.2 Å². The van der Waals surface area contributed by atoms with Crippen molar-refractivity contribution in [1.82, 2.24) is 10.2 Å². The largest absolute Gasteiger partial charge is 0.424 e. The van der Waals surface area contributed by atoms with E-state index in [1.54, 1.807) is 0 Å². The van der Waals surface area contributed by atoms with Gasteiger partial charge in [-0.1, -0.05) is 0 Å². The van der Waals surface area contributed by atoms with Crippen LogP contribution in [0.3, 0.4) is 0 Å². The van der Waals surface area contributed by atoms with Crippen LogP contribution in [0, 0.1) is 17.0 Å². The van der Waals surface area contributed by atoms with E-state index in [0.717, 1.165) is 31.4 Å². The number of benzene rings is 1. The first-order valence-electron chi connectivity index (χ1n) is 6.85. The van der Waals surface area contributed by atoms with Crippen LogP contribution in [-0.2, 0) is 14.6 Å². The van der Waals surface area contributed by atoms with Crippen LogP contribution in [0.25, 0.3) is 0 Å². The number of aromatic nitrogens is 2. The number of nitrogens with zero attached hydrogens (tertiary/aromatic N) is 3. The molecular formula is C14H13N3O7S. The van der Waals surface area contributed by atoms with Crippen molar-refractivity contribution in [3.63, 3.8) is 0 Å². The molecule has 0 saturated carbocycles. The summed E-state index contributed by atoms with van der Waals surface area (Å²) in [6, 6.07) is 2.83. The van der Waals surface area contributed by atoms with Crippen LogP contribution in [0.2, 0.25) is 0 Å². The number of sulfone groups is 1. The molecule has 10 nitrogen and oxygen atoms in total. The van der Waals surface area contributed by atoms with E-state index in [0.29, 0.717) is 0 Å². The molecule has 2 rings (SSSR count). The zero-order chi connectivity index (χ0) is 18.9. The molecule has 0 fully saturated rings. The second-order valence-corrected chi connectivity index (χ2v) is 7.29. The molecule has 0 aliphatic heterocycles. The maximum Gasteiger partial charge on any atom is 0.281 e. The summed E-state index contributed by atoms with van der Waals surface area (Å²) in [5, 5.41) is 18.4. The van der Waals surface area contributed by atoms with Gasteiger partial charge in [-0.15, -0.1) is 10.2 Å². The average Bonchev–Trinajstić information content (AvgIpc) is 2.91. The molecule has 1 heterocycles. The molecule has 11 heteroatoms. The molecule has 1 unspecified atom stereocenters. The van der Waals surface area contributed by atoms with Crippen molar-refractivity contribution in [2.24, 2.45) is 0 Å². The molecule has 0 saturated heterocycles. The SMILES string of the molecule is CC(=O)C(C(=O)c1ccc(S(C)(=O)=O)cc1[N+](=O)[O-])c1nnc(C)o1. The van der Waals surface area contributed by atoms with Crippen molar-refractivity contribution in [2.45, 2.75) is 24.7 Å². The molecule has 1 aromatic carbocycles. The minimum Gasteiger partial charge on any atom is -0.424 e. The molecule has 0 spiro atoms. The standard InChI is InChI=1S/C14H13N3O7S/c1-7(18)12(14-16-15-8(2)24-14)13(19)10-5-4-9(25(3,22)23)6-11(10)17(20)21/h4-6,12H,1-3H3. The topological polar surface area (TPSA) is 150 Å². The van der Waals surface area contributed by atoms with E-state index in [4.69, 9.17) is 4.42 Å². The summed E-state index contributed by atoms with van der Waals surface area (Å²) in [6.07, 6.45) is 0.882. The molecule has 1 atom stereocenters. The molecule has 0 amide bonds. The Kier molecular flexibility index (Phi) is 4.79. The third-order valence-corrected chi connectivity index (χ3v) is 4.43. The van der Waals surface area contributed by atoms with E-state index in [9.17, 15) is 28.1 Å². The van der Waals surface area contributed by atoms with Gasteiger partial charge in [0.15, 0.2) is 21.5 Å². The predicted octanol–water partition coefficient (Wildman–Crippen LogP) is 1.25. The molecule has 0 N–H and O–H groups in total. The number of aryl methyl sites for hydroxylation is 1. The highest BCUT2D eigenvalue weighted by molar-refractivity contribution is 7.90. The van der Waals surface area contributed by atoms with E-state index >= 15 is 0 Å². The molecule has 0 aliphatic carbocycles. The van der Waals surface area contributed by atoms with E-state index in [1.807, 2.05) is 0 Å². The minimum atomic E-state index is -3.71. The molecule has 25 heavy (non-hydrogen) atoms. The van der Waals surface area contributed by atoms with Crippen LogP contribution in [-0.4, -0.2) is 41.4 Å². The number of carbonyl (C=O) groups is 2. The van der Waals surface area contributed by atoms with E-state index in [1.165, 1.54) is 6.92 Å². The Morgan fingerprint density at radius 1 is 1.28 bits per heavy atom. The van der Waals surface area contributed by atoms with Gasteiger partial charge in [-0.25, -0.2) is 8.42 Å². The molecule has 132 valence electrons. The zero-order valence-corrected chi connectivity index (χ0v) is 14.2. The Morgan fingerprint density at radius 2 is 1.92 bits per heavy atom. The first-order chi connectivity index (χ1) is 11.5. The molecule has 0 radical (unpaired) electrons. The summed E-state index contributed by atoms with van der Waals surface area (Å²) in [7, 11) is -3.71. The lowest BCUT2D eigenvalue weighted by atomic mass is 9.93. The van der Waals surface area contributed by atoms with Crippen molar-refractivity contribution in [3.05, 3.63) is 45.7 Å². The fourth-order valence-corrected chi connectivity index (χ4v) is 2.80. The Labute approximate surface area is 141 Å². The van der Waals surface area contributed by atoms with Crippen LogP contribution in [0.4, 0.5) is 5.69 Å². The summed E-state index contributed by atoms with van der Waals surface area (Å²) in [5.41, 5.74) is -1.15. The Hall–Kier alpha value is -2.95. The number of rotatable bonds is 6. The van der Waals surface area contributed by atoms with Gasteiger partial charge in [-0.2, -0.15) is 0 Å². The van der Waals surface area contributed by atoms with Crippen LogP contribution in [0.5, 0.6) is 0 Å². The van der Waals surface area contributed by atoms with Crippen LogP contribution in [0.15, 0.2) is 27.5 Å². The number of ketones is 2. The van der Waals surface area contributed by atoms with Crippen LogP contribution < -0.4 is 0 Å². The Balaban J connectivity index is 2.60. The van der Waals surface area contributed by atoms with Gasteiger partial charge in [0, 0.05) is 19.2 Å². The maximum atomic E-state index is 12.7. The monoisotopic (exact) mass is 367 g/mol. The second-order valence-electron chi connectivity index (χ2n) is 5.28. The number of Topliss-reactive ketones (excluding diaryl/α,β-unsaturated/α-hetero) is 2. The van der Waals surface area contributed by atoms with Crippen molar-refractivity contribution < 1.29 is 27.3 Å². The zero-order valence-electron chi connectivity index (χ0n) is 13.4. The minimum absolute atomic E-state index is 0.121. The summed E-state index contributed by atoms with van der Waals surface area (Å²) in [5.74, 6) is -3.24. The first-order valence-corrected chi connectivity index (χ1v) is 8.74. The highest BCUT2D eigenvalue weighted by Gasteiger charge is 2.35. The van der Waals surface area contributed by atoms with Gasteiger partial charge in [-0.05, 0) is 19.1 Å². The van der Waals surface area contributed by atoms with Crippen LogP contribution >= 0.6 is 0 Å². The van der Waals surface area contributed by atoms with Gasteiger partial charge in [0.25, 0.3) is 5.69 Å². The third kappa shape index (κ3) is 3.76. The molecular weight excluding hydrogens is 354 g/mol. The third-order valence-electron chi connectivity index (χ3n) is 3.32. The number of carbonyl (C=O) groups excluding carboxylic acids is 2. The summed E-state index contributed by atoms with van der Waals surface area (Å²) in [6.45, 7) is 2.57. The lowest BCUT2D eigenvalue weighted by Crippen LogP contribution is -2.21. The van der Waals surface area contributed by atoms with Gasteiger partial charge < -0.3 is 4.42 Å². The summed E-state index contributed by atoms with van der Waals surface area (Å²) in [4.78, 5) is 34.6. The smallest absolute Gasteiger partial charge is 0.281 e. The summed E-state index contributed by atoms with van der Waals surface area (Å²) < 4.78 is 28.2. The van der Waals surface area contributed by atoms with Gasteiger partial charge in [0.05, 0.1) is 15.4 Å². The second kappa shape index (κ2) is 6.51. The predicted molar refractivity (Wildman–Crippen MR) is 83.0 cm³/mol.